The van der Waals surface area contributed by atoms with E-state index in [4.69, 9.17) is 0 Å². The molecule has 0 atom stereocenters. The first-order valence-electron chi connectivity index (χ1n) is 5.15. The predicted molar refractivity (Wildman–Crippen MR) is 74.1 cm³/mol. The normalized spacial score (nSPS) is 10.9. The number of aryl methyl sites for hydroxylation is 1. The van der Waals surface area contributed by atoms with Crippen molar-refractivity contribution in [1.82, 2.24) is 10.3 Å². The summed E-state index contributed by atoms with van der Waals surface area (Å²) in [5, 5.41) is 6.74. The third-order valence-electron chi connectivity index (χ3n) is 2.18. The lowest BCUT2D eigenvalue weighted by Crippen LogP contribution is -2.11. The maximum atomic E-state index is 4.37. The predicted octanol–water partition coefficient (Wildman–Crippen LogP) is 3.82. The Morgan fingerprint density at radius 2 is 2.31 bits per heavy atom. The fourth-order valence-corrected chi connectivity index (χ4v) is 3.39. The van der Waals surface area contributed by atoms with Gasteiger partial charge in [0.1, 0.15) is 5.01 Å². The van der Waals surface area contributed by atoms with Gasteiger partial charge in [-0.05, 0) is 39.4 Å². The zero-order valence-electron chi connectivity index (χ0n) is 9.00. The molecule has 0 aromatic carbocycles. The van der Waals surface area contributed by atoms with Gasteiger partial charge in [-0.15, -0.1) is 22.7 Å². The SMILES string of the molecule is CCc1cnc(CNCc2csc(Br)c2)s1. The largest absolute Gasteiger partial charge is 0.306 e. The molecule has 16 heavy (non-hydrogen) atoms. The van der Waals surface area contributed by atoms with Crippen molar-refractivity contribution in [2.24, 2.45) is 0 Å². The molecule has 0 aliphatic carbocycles. The van der Waals surface area contributed by atoms with Crippen molar-refractivity contribution in [3.8, 4) is 0 Å². The van der Waals surface area contributed by atoms with Crippen LogP contribution in [-0.2, 0) is 19.5 Å². The Bertz CT molecular complexity index is 450. The molecule has 0 aliphatic rings. The molecular weight excluding hydrogens is 304 g/mol. The molecule has 0 unspecified atom stereocenters. The van der Waals surface area contributed by atoms with E-state index in [1.165, 1.54) is 19.2 Å². The Balaban J connectivity index is 1.79. The summed E-state index contributed by atoms with van der Waals surface area (Å²) in [7, 11) is 0. The van der Waals surface area contributed by atoms with Crippen LogP contribution in [0.2, 0.25) is 0 Å². The van der Waals surface area contributed by atoms with Crippen molar-refractivity contribution in [3.63, 3.8) is 0 Å². The quantitative estimate of drug-likeness (QED) is 0.907. The number of hydrogen-bond acceptors (Lipinski definition) is 4. The van der Waals surface area contributed by atoms with Crippen molar-refractivity contribution in [2.75, 3.05) is 0 Å². The Labute approximate surface area is 112 Å². The number of halogens is 1. The molecule has 2 aromatic heterocycles. The Morgan fingerprint density at radius 1 is 1.44 bits per heavy atom. The van der Waals surface area contributed by atoms with Crippen LogP contribution in [-0.4, -0.2) is 4.98 Å². The second kappa shape index (κ2) is 5.91. The second-order valence-electron chi connectivity index (χ2n) is 3.44. The number of nitrogens with zero attached hydrogens (tertiary/aromatic N) is 1. The van der Waals surface area contributed by atoms with Crippen molar-refractivity contribution < 1.29 is 0 Å². The second-order valence-corrected chi connectivity index (χ2v) is 6.93. The number of thiophene rings is 1. The molecule has 86 valence electrons. The van der Waals surface area contributed by atoms with Crippen LogP contribution in [0, 0.1) is 0 Å². The molecule has 2 aromatic rings. The Kier molecular flexibility index (Phi) is 4.52. The lowest BCUT2D eigenvalue weighted by Gasteiger charge is -1.99. The number of hydrogen-bond donors (Lipinski definition) is 1. The van der Waals surface area contributed by atoms with Crippen molar-refractivity contribution in [3.05, 3.63) is 36.9 Å². The van der Waals surface area contributed by atoms with Gasteiger partial charge in [0.25, 0.3) is 0 Å². The van der Waals surface area contributed by atoms with Crippen LogP contribution in [0.1, 0.15) is 22.4 Å². The molecular formula is C11H13BrN2S2. The van der Waals surface area contributed by atoms with Crippen LogP contribution >= 0.6 is 38.6 Å². The molecule has 0 saturated carbocycles. The van der Waals surface area contributed by atoms with Crippen LogP contribution in [0.5, 0.6) is 0 Å². The molecule has 0 amide bonds. The Morgan fingerprint density at radius 3 is 2.94 bits per heavy atom. The maximum absolute atomic E-state index is 4.37. The van der Waals surface area contributed by atoms with E-state index in [2.05, 4.69) is 44.6 Å². The van der Waals surface area contributed by atoms with E-state index in [9.17, 15) is 0 Å². The molecule has 5 heteroatoms. The zero-order valence-corrected chi connectivity index (χ0v) is 12.2. The average Bonchev–Trinajstić information content (AvgIpc) is 2.88. The molecule has 2 heterocycles. The third-order valence-corrected chi connectivity index (χ3v) is 4.87. The lowest BCUT2D eigenvalue weighted by molar-refractivity contribution is 0.691. The van der Waals surface area contributed by atoms with Gasteiger partial charge in [0.05, 0.1) is 3.79 Å². The number of thiazole rings is 1. The topological polar surface area (TPSA) is 24.9 Å². The van der Waals surface area contributed by atoms with E-state index < -0.39 is 0 Å². The van der Waals surface area contributed by atoms with Gasteiger partial charge in [-0.3, -0.25) is 0 Å². The summed E-state index contributed by atoms with van der Waals surface area (Å²) in [5.74, 6) is 0. The minimum Gasteiger partial charge on any atom is -0.306 e. The van der Waals surface area contributed by atoms with Gasteiger partial charge in [-0.25, -0.2) is 4.98 Å². The highest BCUT2D eigenvalue weighted by Crippen LogP contribution is 2.20. The fourth-order valence-electron chi connectivity index (χ4n) is 1.35. The Hall–Kier alpha value is -0.230. The lowest BCUT2D eigenvalue weighted by atomic mass is 10.3. The molecule has 0 radical (unpaired) electrons. The highest BCUT2D eigenvalue weighted by Gasteiger charge is 2.01. The third kappa shape index (κ3) is 3.38. The molecule has 0 spiro atoms. The van der Waals surface area contributed by atoms with E-state index in [-0.39, 0.29) is 0 Å². The summed E-state index contributed by atoms with van der Waals surface area (Å²) >= 11 is 6.98. The summed E-state index contributed by atoms with van der Waals surface area (Å²) < 4.78 is 1.19. The molecule has 0 fully saturated rings. The summed E-state index contributed by atoms with van der Waals surface area (Å²) in [6, 6.07) is 2.15. The van der Waals surface area contributed by atoms with Crippen LogP contribution in [0.4, 0.5) is 0 Å². The van der Waals surface area contributed by atoms with E-state index in [1.807, 2.05) is 6.20 Å². The van der Waals surface area contributed by atoms with Crippen molar-refractivity contribution in [2.45, 2.75) is 26.4 Å². The highest BCUT2D eigenvalue weighted by molar-refractivity contribution is 9.11. The maximum Gasteiger partial charge on any atom is 0.107 e. The van der Waals surface area contributed by atoms with Gasteiger partial charge in [0.2, 0.25) is 0 Å². The minimum atomic E-state index is 0.859. The van der Waals surface area contributed by atoms with E-state index >= 15 is 0 Å². The molecule has 2 rings (SSSR count). The standard InChI is InChI=1S/C11H13BrN2S2/c1-2-9-5-14-11(16-9)6-13-4-8-3-10(12)15-7-8/h3,5,7,13H,2,4,6H2,1H3. The van der Waals surface area contributed by atoms with E-state index in [0.29, 0.717) is 0 Å². The van der Waals surface area contributed by atoms with E-state index in [0.717, 1.165) is 19.5 Å². The van der Waals surface area contributed by atoms with Crippen LogP contribution < -0.4 is 5.32 Å². The van der Waals surface area contributed by atoms with Crippen LogP contribution in [0.3, 0.4) is 0 Å². The first-order chi connectivity index (χ1) is 7.78. The molecule has 2 nitrogen and oxygen atoms in total. The number of rotatable bonds is 5. The minimum absolute atomic E-state index is 0.859. The smallest absolute Gasteiger partial charge is 0.107 e. The highest BCUT2D eigenvalue weighted by atomic mass is 79.9. The van der Waals surface area contributed by atoms with Gasteiger partial charge < -0.3 is 5.32 Å². The van der Waals surface area contributed by atoms with Crippen LogP contribution in [0.25, 0.3) is 0 Å². The van der Waals surface area contributed by atoms with Crippen molar-refractivity contribution >= 4 is 38.6 Å². The summed E-state index contributed by atoms with van der Waals surface area (Å²) in [4.78, 5) is 5.73. The monoisotopic (exact) mass is 316 g/mol. The van der Waals surface area contributed by atoms with Gasteiger partial charge in [0.15, 0.2) is 0 Å². The molecule has 0 bridgehead atoms. The summed E-state index contributed by atoms with van der Waals surface area (Å²) in [6.45, 7) is 3.93. The van der Waals surface area contributed by atoms with Crippen LogP contribution in [0.15, 0.2) is 21.4 Å². The van der Waals surface area contributed by atoms with Crippen molar-refractivity contribution in [1.29, 1.82) is 0 Å². The molecule has 1 N–H and O–H groups in total. The van der Waals surface area contributed by atoms with Gasteiger partial charge in [-0.1, -0.05) is 6.92 Å². The zero-order chi connectivity index (χ0) is 11.4. The fraction of sp³-hybridized carbons (Fsp3) is 0.364. The van der Waals surface area contributed by atoms with E-state index in [1.54, 1.807) is 22.7 Å². The average molecular weight is 317 g/mol. The van der Waals surface area contributed by atoms with Gasteiger partial charge in [-0.2, -0.15) is 0 Å². The summed E-state index contributed by atoms with van der Waals surface area (Å²) in [6.07, 6.45) is 3.05. The number of nitrogens with one attached hydrogen (secondary N) is 1. The van der Waals surface area contributed by atoms with Gasteiger partial charge in [0, 0.05) is 24.2 Å². The number of aromatic nitrogens is 1. The first kappa shape index (κ1) is 12.2. The van der Waals surface area contributed by atoms with Gasteiger partial charge >= 0.3 is 0 Å². The first-order valence-corrected chi connectivity index (χ1v) is 7.64. The molecule has 0 aliphatic heterocycles. The summed E-state index contributed by atoms with van der Waals surface area (Å²) in [5.41, 5.74) is 1.32. The molecule has 0 saturated heterocycles.